The molecule has 0 radical (unpaired) electrons. The van der Waals surface area contributed by atoms with E-state index in [1.807, 2.05) is 6.92 Å². The molecule has 3 rings (SSSR count). The van der Waals surface area contributed by atoms with E-state index in [-0.39, 0.29) is 21.2 Å². The average Bonchev–Trinajstić information content (AvgIpc) is 2.68. The second kappa shape index (κ2) is 8.55. The molecule has 0 aliphatic heterocycles. The van der Waals surface area contributed by atoms with Crippen molar-refractivity contribution in [1.29, 1.82) is 0 Å². The summed E-state index contributed by atoms with van der Waals surface area (Å²) in [5, 5.41) is 2.84. The summed E-state index contributed by atoms with van der Waals surface area (Å²) >= 11 is 6.11. The van der Waals surface area contributed by atoms with Crippen LogP contribution in [0, 0.1) is 6.92 Å². The third-order valence-corrected chi connectivity index (χ3v) is 6.00. The number of para-hydroxylation sites is 3. The molecule has 1 amide bonds. The van der Waals surface area contributed by atoms with Gasteiger partial charge in [-0.3, -0.25) is 9.52 Å². The number of benzene rings is 3. The lowest BCUT2D eigenvalue weighted by molar-refractivity contribution is 0.102. The Hall–Kier alpha value is -3.03. The Morgan fingerprint density at radius 1 is 0.966 bits per heavy atom. The molecular formula is C21H19ClN2O4S. The van der Waals surface area contributed by atoms with Crippen molar-refractivity contribution in [3.63, 3.8) is 0 Å². The predicted molar refractivity (Wildman–Crippen MR) is 114 cm³/mol. The zero-order chi connectivity index (χ0) is 21.0. The molecule has 0 heterocycles. The van der Waals surface area contributed by atoms with E-state index in [1.54, 1.807) is 48.5 Å². The van der Waals surface area contributed by atoms with Gasteiger partial charge in [0.05, 0.1) is 29.1 Å². The molecule has 8 heteroatoms. The van der Waals surface area contributed by atoms with Crippen LogP contribution in [0.4, 0.5) is 11.4 Å². The van der Waals surface area contributed by atoms with E-state index in [2.05, 4.69) is 10.0 Å². The van der Waals surface area contributed by atoms with Crippen molar-refractivity contribution in [2.75, 3.05) is 17.1 Å². The third kappa shape index (κ3) is 4.70. The van der Waals surface area contributed by atoms with Crippen molar-refractivity contribution < 1.29 is 17.9 Å². The number of halogens is 1. The molecule has 0 aliphatic rings. The number of carbonyl (C=O) groups is 1. The van der Waals surface area contributed by atoms with E-state index in [1.165, 1.54) is 25.3 Å². The second-order valence-electron chi connectivity index (χ2n) is 6.24. The summed E-state index contributed by atoms with van der Waals surface area (Å²) in [6.45, 7) is 1.81. The molecule has 2 N–H and O–H groups in total. The maximum Gasteiger partial charge on any atom is 0.263 e. The average molecular weight is 431 g/mol. The molecule has 3 aromatic rings. The van der Waals surface area contributed by atoms with Crippen molar-refractivity contribution in [2.24, 2.45) is 0 Å². The number of hydrogen-bond acceptors (Lipinski definition) is 4. The fourth-order valence-corrected chi connectivity index (χ4v) is 4.41. The summed E-state index contributed by atoms with van der Waals surface area (Å²) in [5.41, 5.74) is 1.60. The van der Waals surface area contributed by atoms with Gasteiger partial charge in [-0.2, -0.15) is 0 Å². The van der Waals surface area contributed by atoms with Crippen LogP contribution in [0.2, 0.25) is 5.02 Å². The van der Waals surface area contributed by atoms with Gasteiger partial charge >= 0.3 is 0 Å². The van der Waals surface area contributed by atoms with E-state index < -0.39 is 15.9 Å². The van der Waals surface area contributed by atoms with Crippen LogP contribution >= 0.6 is 11.6 Å². The molecule has 3 aromatic carbocycles. The van der Waals surface area contributed by atoms with Crippen LogP contribution in [-0.2, 0) is 10.0 Å². The summed E-state index contributed by atoms with van der Waals surface area (Å²) in [6, 6.07) is 17.9. The predicted octanol–water partition coefficient (Wildman–Crippen LogP) is 4.71. The molecule has 0 spiro atoms. The standard InChI is InChI=1S/C21H19ClN2O4S/c1-14-11-12-20(16(22)13-14)29(26,27)24-17-8-4-3-7-15(17)21(25)23-18-9-5-6-10-19(18)28-2/h3-13,24H,1-2H3,(H,23,25). The maximum absolute atomic E-state index is 12.8. The summed E-state index contributed by atoms with van der Waals surface area (Å²) < 4.78 is 33.3. The number of hydrogen-bond donors (Lipinski definition) is 2. The van der Waals surface area contributed by atoms with Gasteiger partial charge in [-0.1, -0.05) is 41.9 Å². The van der Waals surface area contributed by atoms with Gasteiger partial charge in [0.1, 0.15) is 10.6 Å². The Morgan fingerprint density at radius 3 is 2.31 bits per heavy atom. The monoisotopic (exact) mass is 430 g/mol. The number of rotatable bonds is 6. The molecule has 0 saturated carbocycles. The van der Waals surface area contributed by atoms with Crippen LogP contribution < -0.4 is 14.8 Å². The highest BCUT2D eigenvalue weighted by Gasteiger charge is 2.21. The topological polar surface area (TPSA) is 84.5 Å². The van der Waals surface area contributed by atoms with Crippen molar-refractivity contribution >= 4 is 38.9 Å². The first-order chi connectivity index (χ1) is 13.8. The number of amides is 1. The number of carbonyl (C=O) groups excluding carboxylic acids is 1. The fraction of sp³-hybridized carbons (Fsp3) is 0.0952. The van der Waals surface area contributed by atoms with Crippen LogP contribution in [-0.4, -0.2) is 21.4 Å². The summed E-state index contributed by atoms with van der Waals surface area (Å²) in [7, 11) is -2.49. The summed E-state index contributed by atoms with van der Waals surface area (Å²) in [6.07, 6.45) is 0. The number of ether oxygens (including phenoxy) is 1. The zero-order valence-corrected chi connectivity index (χ0v) is 17.3. The van der Waals surface area contributed by atoms with Crippen LogP contribution in [0.5, 0.6) is 5.75 Å². The number of methoxy groups -OCH3 is 1. The minimum absolute atomic E-state index is 0.0651. The van der Waals surface area contributed by atoms with Crippen LogP contribution in [0.3, 0.4) is 0 Å². The SMILES string of the molecule is COc1ccccc1NC(=O)c1ccccc1NS(=O)(=O)c1ccc(C)cc1Cl. The van der Waals surface area contributed by atoms with Crippen molar-refractivity contribution in [2.45, 2.75) is 11.8 Å². The Kier molecular flexibility index (Phi) is 6.10. The van der Waals surface area contributed by atoms with Crippen molar-refractivity contribution in [1.82, 2.24) is 0 Å². The van der Waals surface area contributed by atoms with Gasteiger partial charge in [-0.15, -0.1) is 0 Å². The summed E-state index contributed by atoms with van der Waals surface area (Å²) in [5.74, 6) is 0.00755. The first-order valence-corrected chi connectivity index (χ1v) is 10.5. The number of anilines is 2. The molecule has 0 saturated heterocycles. The molecule has 0 fully saturated rings. The van der Waals surface area contributed by atoms with Crippen molar-refractivity contribution in [3.05, 3.63) is 82.9 Å². The molecule has 29 heavy (non-hydrogen) atoms. The lowest BCUT2D eigenvalue weighted by atomic mass is 10.1. The normalized spacial score (nSPS) is 11.0. The highest BCUT2D eigenvalue weighted by atomic mass is 35.5. The number of nitrogens with one attached hydrogen (secondary N) is 2. The largest absolute Gasteiger partial charge is 0.495 e. The van der Waals surface area contributed by atoms with Gasteiger partial charge in [0.15, 0.2) is 0 Å². The molecule has 150 valence electrons. The third-order valence-electron chi connectivity index (χ3n) is 4.15. The molecule has 6 nitrogen and oxygen atoms in total. The first kappa shape index (κ1) is 20.7. The van der Waals surface area contributed by atoms with Gasteiger partial charge in [0, 0.05) is 0 Å². The van der Waals surface area contributed by atoms with Crippen LogP contribution in [0.25, 0.3) is 0 Å². The Bertz CT molecular complexity index is 1160. The minimum Gasteiger partial charge on any atom is -0.495 e. The van der Waals surface area contributed by atoms with E-state index in [9.17, 15) is 13.2 Å². The molecule has 0 unspecified atom stereocenters. The van der Waals surface area contributed by atoms with Gasteiger partial charge in [0.2, 0.25) is 0 Å². The highest BCUT2D eigenvalue weighted by molar-refractivity contribution is 7.92. The molecule has 0 aliphatic carbocycles. The molecule has 0 bridgehead atoms. The molecular weight excluding hydrogens is 412 g/mol. The smallest absolute Gasteiger partial charge is 0.263 e. The number of aryl methyl sites for hydroxylation is 1. The Morgan fingerprint density at radius 2 is 1.62 bits per heavy atom. The molecule has 0 atom stereocenters. The Balaban J connectivity index is 1.92. The van der Waals surface area contributed by atoms with Crippen LogP contribution in [0.1, 0.15) is 15.9 Å². The fourth-order valence-electron chi connectivity index (χ4n) is 2.73. The molecule has 0 aromatic heterocycles. The summed E-state index contributed by atoms with van der Waals surface area (Å²) in [4.78, 5) is 12.7. The zero-order valence-electron chi connectivity index (χ0n) is 15.8. The van der Waals surface area contributed by atoms with Gasteiger partial charge < -0.3 is 10.1 Å². The minimum atomic E-state index is -3.99. The second-order valence-corrected chi connectivity index (χ2v) is 8.30. The number of sulfonamides is 1. The van der Waals surface area contributed by atoms with E-state index >= 15 is 0 Å². The van der Waals surface area contributed by atoms with E-state index in [0.717, 1.165) is 5.56 Å². The van der Waals surface area contributed by atoms with Gasteiger partial charge in [-0.25, -0.2) is 8.42 Å². The first-order valence-electron chi connectivity index (χ1n) is 8.64. The van der Waals surface area contributed by atoms with E-state index in [0.29, 0.717) is 11.4 Å². The lowest BCUT2D eigenvalue weighted by Crippen LogP contribution is -2.19. The van der Waals surface area contributed by atoms with Crippen molar-refractivity contribution in [3.8, 4) is 5.75 Å². The van der Waals surface area contributed by atoms with Gasteiger partial charge in [0.25, 0.3) is 15.9 Å². The van der Waals surface area contributed by atoms with E-state index in [4.69, 9.17) is 16.3 Å². The highest BCUT2D eigenvalue weighted by Crippen LogP contribution is 2.28. The maximum atomic E-state index is 12.8. The van der Waals surface area contributed by atoms with Crippen LogP contribution in [0.15, 0.2) is 71.6 Å². The quantitative estimate of drug-likeness (QED) is 0.593. The van der Waals surface area contributed by atoms with Gasteiger partial charge in [-0.05, 0) is 48.9 Å². The lowest BCUT2D eigenvalue weighted by Gasteiger charge is -2.14. The Labute approximate surface area is 174 Å².